The third-order valence-electron chi connectivity index (χ3n) is 18.6. The second-order valence-corrected chi connectivity index (χ2v) is 23.8. The van der Waals surface area contributed by atoms with Gasteiger partial charge in [-0.3, -0.25) is 29.3 Å². The zero-order chi connectivity index (χ0) is 57.0. The minimum absolute atomic E-state index is 0.0302. The number of nitrogens with one attached hydrogen (secondary N) is 4. The van der Waals surface area contributed by atoms with Crippen LogP contribution in [0.25, 0.3) is 11.1 Å². The molecule has 6 N–H and O–H groups in total. The van der Waals surface area contributed by atoms with E-state index in [-0.39, 0.29) is 52.8 Å². The second kappa shape index (κ2) is 21.5. The van der Waals surface area contributed by atoms with Crippen molar-refractivity contribution < 1.29 is 56.3 Å². The molecule has 5 aliphatic carbocycles. The number of benzene rings is 4. The standard InChI is InChI=1S/C61H71F3N6O9/c1-34(2)50(65)52(73)66-35(3)51(72)68-39-23-19-37-21-25-48-58(5,46(37)31-39)27-13-29-60(48,7)54(75)69-53(74)59(6)28-12-26-57(4)45-30-38(22-18-36(45)20-24-47(57)59)67-49(71)32-70(79-55(76)61(62,63)64)56(77)78-33-44-42-16-10-8-14-40(42)41-15-9-11-17-43(41)44/h8-11,14-19,22-23,30-31,34-35,44,47-48,50H,12-13,20-21,24-29,32-33,65H2,1-7H3,(H,66,73)(H,67,71)(H,68,72)(H,69,74,75)/t35-,47+,48+,50-,57+,58+,59-,60-/m0/s1. The van der Waals surface area contributed by atoms with Crippen LogP contribution in [-0.2, 0) is 62.0 Å². The summed E-state index contributed by atoms with van der Waals surface area (Å²) in [6, 6.07) is 24.5. The molecule has 0 unspecified atom stereocenters. The number of hydrogen-bond acceptors (Lipinski definition) is 10. The average molecular weight is 1090 g/mol. The van der Waals surface area contributed by atoms with Gasteiger partial charge < -0.3 is 31.3 Å². The Balaban J connectivity index is 0.874. The molecule has 2 saturated carbocycles. The zero-order valence-corrected chi connectivity index (χ0v) is 45.9. The number of halogens is 3. The molecule has 18 heteroatoms. The number of hydrogen-bond donors (Lipinski definition) is 5. The molecular formula is C61H71F3N6O9. The number of carbonyl (C=O) groups excluding carboxylic acids is 7. The predicted octanol–water partition coefficient (Wildman–Crippen LogP) is 9.69. The first-order valence-electron chi connectivity index (χ1n) is 27.5. The highest BCUT2D eigenvalue weighted by Crippen LogP contribution is 2.60. The lowest BCUT2D eigenvalue weighted by Crippen LogP contribution is -2.60. The molecule has 0 radical (unpaired) electrons. The van der Waals surface area contributed by atoms with E-state index in [1.165, 1.54) is 0 Å². The van der Waals surface area contributed by atoms with E-state index >= 15 is 0 Å². The highest BCUT2D eigenvalue weighted by molar-refractivity contribution is 6.01. The van der Waals surface area contributed by atoms with Crippen molar-refractivity contribution in [3.63, 3.8) is 0 Å². The van der Waals surface area contributed by atoms with Gasteiger partial charge in [-0.25, -0.2) is 9.59 Å². The number of carbonyl (C=O) groups is 7. The molecule has 0 heterocycles. The molecular weight excluding hydrogens is 1020 g/mol. The smallest absolute Gasteiger partial charge is 0.446 e. The van der Waals surface area contributed by atoms with Crippen LogP contribution in [-0.4, -0.2) is 78.1 Å². The molecule has 15 nitrogen and oxygen atoms in total. The van der Waals surface area contributed by atoms with Gasteiger partial charge in [0.25, 0.3) is 0 Å². The van der Waals surface area contributed by atoms with Gasteiger partial charge in [-0.15, -0.1) is 5.06 Å². The van der Waals surface area contributed by atoms with Gasteiger partial charge in [0.05, 0.1) is 16.9 Å². The molecule has 0 saturated heterocycles. The fraction of sp³-hybridized carbons (Fsp3) is 0.492. The molecule has 0 aromatic heterocycles. The van der Waals surface area contributed by atoms with Gasteiger partial charge in [-0.1, -0.05) is 115 Å². The number of nitrogens with two attached hydrogens (primary N) is 1. The Morgan fingerprint density at radius 2 is 1.18 bits per heavy atom. The van der Waals surface area contributed by atoms with E-state index in [1.54, 1.807) is 19.1 Å². The van der Waals surface area contributed by atoms with Gasteiger partial charge in [0, 0.05) is 17.3 Å². The minimum atomic E-state index is -5.49. The van der Waals surface area contributed by atoms with E-state index in [1.807, 2.05) is 100 Å². The number of anilines is 2. The monoisotopic (exact) mass is 1090 g/mol. The fourth-order valence-corrected chi connectivity index (χ4v) is 14.2. The van der Waals surface area contributed by atoms with Crippen LogP contribution in [0.4, 0.5) is 29.3 Å². The van der Waals surface area contributed by atoms with Crippen LogP contribution in [0.3, 0.4) is 0 Å². The Hall–Kier alpha value is -7.08. The van der Waals surface area contributed by atoms with Crippen LogP contribution in [0, 0.1) is 28.6 Å². The number of imide groups is 1. The van der Waals surface area contributed by atoms with Crippen LogP contribution < -0.4 is 27.0 Å². The first-order chi connectivity index (χ1) is 37.3. The van der Waals surface area contributed by atoms with Crippen LogP contribution in [0.5, 0.6) is 0 Å². The van der Waals surface area contributed by atoms with E-state index in [4.69, 9.17) is 10.5 Å². The summed E-state index contributed by atoms with van der Waals surface area (Å²) in [5.41, 5.74) is 11.5. The molecule has 9 rings (SSSR count). The minimum Gasteiger partial charge on any atom is -0.446 e. The van der Waals surface area contributed by atoms with Gasteiger partial charge in [0.1, 0.15) is 19.2 Å². The van der Waals surface area contributed by atoms with Crippen molar-refractivity contribution in [1.29, 1.82) is 0 Å². The summed E-state index contributed by atoms with van der Waals surface area (Å²) in [6.45, 7) is 12.0. The molecule has 0 spiro atoms. The van der Waals surface area contributed by atoms with Gasteiger partial charge in [-0.05, 0) is 156 Å². The van der Waals surface area contributed by atoms with Crippen molar-refractivity contribution in [2.24, 2.45) is 34.3 Å². The van der Waals surface area contributed by atoms with Crippen molar-refractivity contribution in [2.45, 2.75) is 148 Å². The Bertz CT molecular complexity index is 3060. The van der Waals surface area contributed by atoms with E-state index in [0.717, 1.165) is 63.8 Å². The van der Waals surface area contributed by atoms with Crippen molar-refractivity contribution in [3.05, 3.63) is 118 Å². The average Bonchev–Trinajstić information content (AvgIpc) is 3.80. The number of alkyl halides is 3. The summed E-state index contributed by atoms with van der Waals surface area (Å²) in [6.07, 6.45) is -0.249. The number of hydroxylamine groups is 2. The van der Waals surface area contributed by atoms with E-state index in [0.29, 0.717) is 50.6 Å². The lowest BCUT2D eigenvalue weighted by Gasteiger charge is -2.56. The highest BCUT2D eigenvalue weighted by atomic mass is 19.4. The molecule has 79 heavy (non-hydrogen) atoms. The van der Waals surface area contributed by atoms with E-state index in [2.05, 4.69) is 40.0 Å². The lowest BCUT2D eigenvalue weighted by atomic mass is 9.49. The summed E-state index contributed by atoms with van der Waals surface area (Å²) < 4.78 is 46.1. The van der Waals surface area contributed by atoms with E-state index < -0.39 is 76.3 Å². The van der Waals surface area contributed by atoms with Crippen molar-refractivity contribution in [1.82, 2.24) is 15.7 Å². The maximum Gasteiger partial charge on any atom is 0.493 e. The molecule has 0 bridgehead atoms. The Morgan fingerprint density at radius 3 is 1.67 bits per heavy atom. The quantitative estimate of drug-likeness (QED) is 0.0669. The van der Waals surface area contributed by atoms with E-state index in [9.17, 15) is 46.7 Å². The summed E-state index contributed by atoms with van der Waals surface area (Å²) in [4.78, 5) is 99.5. The summed E-state index contributed by atoms with van der Waals surface area (Å²) in [5.74, 6) is -6.05. The molecule has 6 amide bonds. The maximum absolute atomic E-state index is 14.9. The zero-order valence-electron chi connectivity index (χ0n) is 45.9. The van der Waals surface area contributed by atoms with Crippen molar-refractivity contribution >= 4 is 53.0 Å². The SMILES string of the molecule is CC(C)[C@H](N)C(=O)N[C@@H](C)C(=O)Nc1ccc2c(c1)[C@@]1(C)CCC[C@](C)(C(=O)NC(=O)[C@@]3(C)CCC[C@]4(C)c5cc(NC(=O)CN(OC(=O)C(F)(F)F)C(=O)OCC6c7ccccc7-c7ccccc76)ccc5CC[C@@H]34)[C@@H]1CC2. The molecule has 5 aliphatic rings. The second-order valence-electron chi connectivity index (χ2n) is 23.8. The first kappa shape index (κ1) is 56.6. The molecule has 4 aromatic carbocycles. The summed E-state index contributed by atoms with van der Waals surface area (Å²) in [5, 5.41) is 11.3. The maximum atomic E-state index is 14.9. The number of nitrogens with zero attached hydrogens (tertiary/aromatic N) is 1. The Kier molecular flexibility index (Phi) is 15.4. The normalized spacial score (nSPS) is 25.5. The van der Waals surface area contributed by atoms with Crippen LogP contribution in [0.2, 0.25) is 0 Å². The molecule has 8 atom stereocenters. The number of rotatable bonds is 12. The van der Waals surface area contributed by atoms with Crippen LogP contribution >= 0.6 is 0 Å². The summed E-state index contributed by atoms with van der Waals surface area (Å²) in [7, 11) is 0. The topological polar surface area (TPSA) is 215 Å². The number of aryl methyl sites for hydroxylation is 2. The van der Waals surface area contributed by atoms with Crippen LogP contribution in [0.15, 0.2) is 84.9 Å². The predicted molar refractivity (Wildman–Crippen MR) is 290 cm³/mol. The lowest BCUT2D eigenvalue weighted by molar-refractivity contribution is -0.230. The highest BCUT2D eigenvalue weighted by Gasteiger charge is 2.59. The molecule has 4 aromatic rings. The Morgan fingerprint density at radius 1 is 0.684 bits per heavy atom. The fourth-order valence-electron chi connectivity index (χ4n) is 14.2. The van der Waals surface area contributed by atoms with Gasteiger partial charge in [0.2, 0.25) is 29.5 Å². The third-order valence-corrected chi connectivity index (χ3v) is 18.6. The third kappa shape index (κ3) is 10.6. The van der Waals surface area contributed by atoms with Gasteiger partial charge in [-0.2, -0.15) is 13.2 Å². The Labute approximate surface area is 458 Å². The number of fused-ring (bicyclic) bond motifs is 9. The van der Waals surface area contributed by atoms with Crippen LogP contribution in [0.1, 0.15) is 139 Å². The van der Waals surface area contributed by atoms with Crippen molar-refractivity contribution in [3.8, 4) is 11.1 Å². The van der Waals surface area contributed by atoms with Gasteiger partial charge >= 0.3 is 18.2 Å². The first-order valence-corrected chi connectivity index (χ1v) is 27.5. The number of ether oxygens (including phenoxy) is 1. The number of amides is 6. The molecule has 0 aliphatic heterocycles. The summed E-state index contributed by atoms with van der Waals surface area (Å²) >= 11 is 0. The molecule has 420 valence electrons. The van der Waals surface area contributed by atoms with Gasteiger partial charge in [0.15, 0.2) is 0 Å². The largest absolute Gasteiger partial charge is 0.493 e. The van der Waals surface area contributed by atoms with Crippen molar-refractivity contribution in [2.75, 3.05) is 23.8 Å². The molecule has 2 fully saturated rings.